The van der Waals surface area contributed by atoms with Gasteiger partial charge in [-0.05, 0) is 30.5 Å². The normalized spacial score (nSPS) is 19.5. The van der Waals surface area contributed by atoms with Gasteiger partial charge in [-0.15, -0.1) is 6.58 Å². The molecule has 2 aliphatic rings. The lowest BCUT2D eigenvalue weighted by Crippen LogP contribution is -2.47. The first-order valence-corrected chi connectivity index (χ1v) is 9.40. The van der Waals surface area contributed by atoms with Crippen LogP contribution in [0.25, 0.3) is 0 Å². The van der Waals surface area contributed by atoms with Gasteiger partial charge in [0, 0.05) is 13.1 Å². The van der Waals surface area contributed by atoms with Gasteiger partial charge in [0.2, 0.25) is 0 Å². The largest absolute Gasteiger partial charge is 0.494 e. The summed E-state index contributed by atoms with van der Waals surface area (Å²) < 4.78 is 5.49. The number of carbonyl (C=O) groups excluding carboxylic acids is 2. The SMILES string of the molecule is C=CCN1C(=O)N[C@@H](c2ccc(OCC)cc2)C2=C1CN(CC(C)C)C2=O. The molecule has 0 aromatic heterocycles. The van der Waals surface area contributed by atoms with Gasteiger partial charge in [0.05, 0.1) is 30.5 Å². The summed E-state index contributed by atoms with van der Waals surface area (Å²) >= 11 is 0. The third kappa shape index (κ3) is 3.70. The molecule has 3 rings (SSSR count). The van der Waals surface area contributed by atoms with Crippen molar-refractivity contribution in [3.63, 3.8) is 0 Å². The zero-order valence-electron chi connectivity index (χ0n) is 16.2. The highest BCUT2D eigenvalue weighted by atomic mass is 16.5. The predicted octanol–water partition coefficient (Wildman–Crippen LogP) is 3.09. The number of nitrogens with zero attached hydrogens (tertiary/aromatic N) is 2. The molecule has 0 saturated carbocycles. The van der Waals surface area contributed by atoms with Crippen molar-refractivity contribution in [3.05, 3.63) is 53.8 Å². The van der Waals surface area contributed by atoms with Crippen molar-refractivity contribution in [1.29, 1.82) is 0 Å². The minimum atomic E-state index is -0.450. The zero-order chi connectivity index (χ0) is 19.6. The fraction of sp³-hybridized carbons (Fsp3) is 0.429. The van der Waals surface area contributed by atoms with Gasteiger partial charge in [-0.25, -0.2) is 4.79 Å². The van der Waals surface area contributed by atoms with Crippen LogP contribution in [0.4, 0.5) is 4.79 Å². The van der Waals surface area contributed by atoms with Gasteiger partial charge in [-0.3, -0.25) is 9.69 Å². The van der Waals surface area contributed by atoms with Crippen LogP contribution < -0.4 is 10.1 Å². The molecule has 1 aromatic carbocycles. The van der Waals surface area contributed by atoms with Crippen molar-refractivity contribution in [1.82, 2.24) is 15.1 Å². The molecule has 6 heteroatoms. The molecule has 2 aliphatic heterocycles. The lowest BCUT2D eigenvalue weighted by atomic mass is 9.95. The van der Waals surface area contributed by atoms with Crippen LogP contribution in [0.15, 0.2) is 48.2 Å². The van der Waals surface area contributed by atoms with E-state index < -0.39 is 6.04 Å². The van der Waals surface area contributed by atoms with Crippen LogP contribution in [0.5, 0.6) is 5.75 Å². The monoisotopic (exact) mass is 369 g/mol. The van der Waals surface area contributed by atoms with Gasteiger partial charge in [0.1, 0.15) is 5.75 Å². The Labute approximate surface area is 160 Å². The van der Waals surface area contributed by atoms with Crippen molar-refractivity contribution >= 4 is 11.9 Å². The average Bonchev–Trinajstić information content (AvgIpc) is 2.94. The van der Waals surface area contributed by atoms with Crippen LogP contribution >= 0.6 is 0 Å². The Morgan fingerprint density at radius 2 is 2.00 bits per heavy atom. The number of hydrogen-bond donors (Lipinski definition) is 1. The Bertz CT molecular complexity index is 767. The molecule has 2 heterocycles. The second-order valence-electron chi connectivity index (χ2n) is 7.22. The second-order valence-corrected chi connectivity index (χ2v) is 7.22. The number of benzene rings is 1. The van der Waals surface area contributed by atoms with Crippen LogP contribution in [0, 0.1) is 5.92 Å². The Balaban J connectivity index is 1.97. The summed E-state index contributed by atoms with van der Waals surface area (Å²) in [6.45, 7) is 11.9. The summed E-state index contributed by atoms with van der Waals surface area (Å²) in [6, 6.07) is 6.89. The molecule has 27 heavy (non-hydrogen) atoms. The number of urea groups is 1. The minimum Gasteiger partial charge on any atom is -0.494 e. The van der Waals surface area contributed by atoms with E-state index >= 15 is 0 Å². The maximum absolute atomic E-state index is 13.1. The molecule has 3 amide bonds. The number of amides is 3. The van der Waals surface area contributed by atoms with Crippen molar-refractivity contribution in [2.45, 2.75) is 26.8 Å². The molecule has 0 aliphatic carbocycles. The van der Waals surface area contributed by atoms with Gasteiger partial charge in [-0.1, -0.05) is 32.1 Å². The highest BCUT2D eigenvalue weighted by Gasteiger charge is 2.43. The van der Waals surface area contributed by atoms with Crippen LogP contribution in [-0.2, 0) is 4.79 Å². The van der Waals surface area contributed by atoms with E-state index in [1.165, 1.54) is 0 Å². The molecule has 1 N–H and O–H groups in total. The van der Waals surface area contributed by atoms with Crippen molar-refractivity contribution in [2.75, 3.05) is 26.2 Å². The van der Waals surface area contributed by atoms with E-state index in [2.05, 4.69) is 25.7 Å². The Morgan fingerprint density at radius 1 is 1.30 bits per heavy atom. The van der Waals surface area contributed by atoms with E-state index in [0.29, 0.717) is 37.7 Å². The van der Waals surface area contributed by atoms with Crippen LogP contribution in [0.1, 0.15) is 32.4 Å². The Morgan fingerprint density at radius 3 is 2.59 bits per heavy atom. The van der Waals surface area contributed by atoms with E-state index in [-0.39, 0.29) is 11.9 Å². The third-order valence-corrected chi connectivity index (χ3v) is 4.72. The lowest BCUT2D eigenvalue weighted by molar-refractivity contribution is -0.126. The van der Waals surface area contributed by atoms with Gasteiger partial charge in [0.15, 0.2) is 0 Å². The predicted molar refractivity (Wildman–Crippen MR) is 104 cm³/mol. The van der Waals surface area contributed by atoms with Crippen molar-refractivity contribution in [2.24, 2.45) is 5.92 Å². The number of hydrogen-bond acceptors (Lipinski definition) is 3. The second kappa shape index (κ2) is 7.86. The summed E-state index contributed by atoms with van der Waals surface area (Å²) in [5.41, 5.74) is 2.31. The molecule has 6 nitrogen and oxygen atoms in total. The van der Waals surface area contributed by atoms with Gasteiger partial charge in [0.25, 0.3) is 5.91 Å². The summed E-state index contributed by atoms with van der Waals surface area (Å²) in [5, 5.41) is 2.99. The fourth-order valence-electron chi connectivity index (χ4n) is 3.63. The lowest BCUT2D eigenvalue weighted by Gasteiger charge is -2.33. The summed E-state index contributed by atoms with van der Waals surface area (Å²) in [6.07, 6.45) is 1.68. The molecular weight excluding hydrogens is 342 g/mol. The minimum absolute atomic E-state index is 0.00773. The standard InChI is InChI=1S/C21H27N3O3/c1-5-11-24-17-13-23(12-14(3)4)20(25)18(17)19(22-21(24)26)15-7-9-16(10-8-15)27-6-2/h5,7-10,14,19H,1,6,11-13H2,2-4H3,(H,22,26)/t19-/m0/s1. The van der Waals surface area contributed by atoms with Crippen LogP contribution in [-0.4, -0.2) is 48.0 Å². The van der Waals surface area contributed by atoms with Gasteiger partial charge < -0.3 is 15.0 Å². The first-order valence-electron chi connectivity index (χ1n) is 9.40. The fourth-order valence-corrected chi connectivity index (χ4v) is 3.63. The molecule has 0 fully saturated rings. The topological polar surface area (TPSA) is 61.9 Å². The molecule has 0 radical (unpaired) electrons. The van der Waals surface area contributed by atoms with E-state index in [1.807, 2.05) is 36.1 Å². The third-order valence-electron chi connectivity index (χ3n) is 4.72. The molecular formula is C21H27N3O3. The van der Waals surface area contributed by atoms with Crippen LogP contribution in [0.2, 0.25) is 0 Å². The highest BCUT2D eigenvalue weighted by Crippen LogP contribution is 2.36. The molecule has 144 valence electrons. The van der Waals surface area contributed by atoms with E-state index in [0.717, 1.165) is 17.0 Å². The van der Waals surface area contributed by atoms with Crippen LogP contribution in [0.3, 0.4) is 0 Å². The number of carbonyl (C=O) groups is 2. The number of ether oxygens (including phenoxy) is 1. The number of rotatable bonds is 7. The van der Waals surface area contributed by atoms with E-state index in [1.54, 1.807) is 11.0 Å². The smallest absolute Gasteiger partial charge is 0.322 e. The van der Waals surface area contributed by atoms with E-state index in [9.17, 15) is 9.59 Å². The van der Waals surface area contributed by atoms with E-state index in [4.69, 9.17) is 4.74 Å². The molecule has 0 bridgehead atoms. The number of nitrogens with one attached hydrogen (secondary N) is 1. The molecule has 0 unspecified atom stereocenters. The first kappa shape index (κ1) is 19.0. The maximum atomic E-state index is 13.1. The summed E-state index contributed by atoms with van der Waals surface area (Å²) in [7, 11) is 0. The first-order chi connectivity index (χ1) is 13.0. The van der Waals surface area contributed by atoms with Crippen molar-refractivity contribution in [3.8, 4) is 5.75 Å². The highest BCUT2D eigenvalue weighted by molar-refractivity contribution is 6.01. The van der Waals surface area contributed by atoms with Crippen molar-refractivity contribution < 1.29 is 14.3 Å². The maximum Gasteiger partial charge on any atom is 0.322 e. The Kier molecular flexibility index (Phi) is 5.54. The zero-order valence-corrected chi connectivity index (χ0v) is 16.2. The quantitative estimate of drug-likeness (QED) is 0.752. The average molecular weight is 369 g/mol. The Hall–Kier alpha value is -2.76. The molecule has 0 saturated heterocycles. The molecule has 1 aromatic rings. The summed E-state index contributed by atoms with van der Waals surface area (Å²) in [5.74, 6) is 1.12. The molecule has 1 atom stereocenters. The summed E-state index contributed by atoms with van der Waals surface area (Å²) in [4.78, 5) is 29.3. The molecule has 0 spiro atoms. The van der Waals surface area contributed by atoms with Gasteiger partial charge >= 0.3 is 6.03 Å². The van der Waals surface area contributed by atoms with Gasteiger partial charge in [-0.2, -0.15) is 0 Å².